The fourth-order valence-corrected chi connectivity index (χ4v) is 8.15. The molecule has 4 heterocycles. The number of imidazole rings is 1. The molecule has 3 saturated heterocycles. The molecule has 218 valence electrons. The number of primary amides is 1. The van der Waals surface area contributed by atoms with Crippen LogP contribution in [0, 0.1) is 6.92 Å². The van der Waals surface area contributed by atoms with Crippen molar-refractivity contribution in [2.75, 3.05) is 19.6 Å². The highest BCUT2D eigenvalue weighted by Gasteiger charge is 2.44. The van der Waals surface area contributed by atoms with Crippen LogP contribution < -0.4 is 11.1 Å². The molecule has 6 rings (SSSR count). The number of carbonyl (C=O) groups is 2. The van der Waals surface area contributed by atoms with Crippen LogP contribution in [0.25, 0.3) is 11.0 Å². The Morgan fingerprint density at radius 2 is 1.66 bits per heavy atom. The molecule has 3 aliphatic rings. The lowest BCUT2D eigenvalue weighted by molar-refractivity contribution is -0.135. The van der Waals surface area contributed by atoms with E-state index in [1.807, 2.05) is 11.8 Å². The summed E-state index contributed by atoms with van der Waals surface area (Å²) in [4.78, 5) is 34.2. The number of likely N-dealkylation sites (tertiary alicyclic amines) is 1. The average Bonchev–Trinajstić information content (AvgIpc) is 3.45. The molecular weight excluding hydrogens is 512 g/mol. The zero-order chi connectivity index (χ0) is 28.6. The lowest BCUT2D eigenvalue weighted by atomic mass is 9.70. The molecule has 1 unspecified atom stereocenters. The molecule has 41 heavy (non-hydrogen) atoms. The number of aromatic nitrogens is 2. The van der Waals surface area contributed by atoms with E-state index >= 15 is 0 Å². The second kappa shape index (κ2) is 11.5. The summed E-state index contributed by atoms with van der Waals surface area (Å²) in [7, 11) is 0. The van der Waals surface area contributed by atoms with Crippen molar-refractivity contribution in [1.29, 1.82) is 0 Å². The van der Waals surface area contributed by atoms with Crippen LogP contribution in [-0.4, -0.2) is 69.0 Å². The predicted octanol–water partition coefficient (Wildman–Crippen LogP) is 4.91. The Morgan fingerprint density at radius 3 is 2.32 bits per heavy atom. The highest BCUT2D eigenvalue weighted by Crippen LogP contribution is 2.45. The van der Waals surface area contributed by atoms with Gasteiger partial charge in [-0.25, -0.2) is 9.78 Å². The summed E-state index contributed by atoms with van der Waals surface area (Å²) in [5.41, 5.74) is 9.13. The minimum Gasteiger partial charge on any atom is -0.352 e. The van der Waals surface area contributed by atoms with Crippen LogP contribution in [0.15, 0.2) is 54.6 Å². The maximum absolute atomic E-state index is 13.2. The number of amides is 3. The third kappa shape index (κ3) is 5.34. The Labute approximate surface area is 243 Å². The molecule has 0 radical (unpaired) electrons. The van der Waals surface area contributed by atoms with E-state index in [4.69, 9.17) is 10.7 Å². The van der Waals surface area contributed by atoms with E-state index < -0.39 is 12.1 Å². The van der Waals surface area contributed by atoms with E-state index in [0.717, 1.165) is 37.1 Å². The number of hydrogen-bond donors (Lipinski definition) is 2. The van der Waals surface area contributed by atoms with Crippen LogP contribution in [0.1, 0.15) is 75.7 Å². The number of para-hydroxylation sites is 2. The summed E-state index contributed by atoms with van der Waals surface area (Å²) >= 11 is 0. The van der Waals surface area contributed by atoms with Crippen LogP contribution in [0.3, 0.4) is 0 Å². The number of nitrogens with two attached hydrogens (primary N) is 1. The molecule has 3 aliphatic heterocycles. The number of fused-ring (bicyclic) bond motifs is 3. The lowest BCUT2D eigenvalue weighted by Gasteiger charge is -2.46. The van der Waals surface area contributed by atoms with Crippen molar-refractivity contribution in [2.24, 2.45) is 5.73 Å². The minimum atomic E-state index is -0.643. The number of nitrogens with one attached hydrogen (secondary N) is 1. The number of rotatable bonds is 8. The third-order valence-corrected chi connectivity index (χ3v) is 10.3. The van der Waals surface area contributed by atoms with Gasteiger partial charge in [-0.15, -0.1) is 0 Å². The zero-order valence-electron chi connectivity index (χ0n) is 24.5. The first-order chi connectivity index (χ1) is 19.9. The molecular formula is C33H44N6O2. The van der Waals surface area contributed by atoms with Gasteiger partial charge in [-0.2, -0.15) is 0 Å². The Balaban J connectivity index is 1.15. The van der Waals surface area contributed by atoms with Crippen molar-refractivity contribution in [3.05, 3.63) is 66.0 Å². The monoisotopic (exact) mass is 556 g/mol. The Morgan fingerprint density at radius 1 is 1.00 bits per heavy atom. The van der Waals surface area contributed by atoms with E-state index in [1.165, 1.54) is 36.8 Å². The van der Waals surface area contributed by atoms with Crippen molar-refractivity contribution in [3.8, 4) is 0 Å². The van der Waals surface area contributed by atoms with Gasteiger partial charge in [0.05, 0.1) is 11.0 Å². The standard InChI is InChI=1S/C33H44N6O2/c1-3-28(36-32(34)41)31(40)37-18-15-33(16-19-37,24-9-5-4-6-10-24)17-20-38-25-13-14-26(38)22-27(21-25)39-23(2)35-29-11-7-8-12-30(29)39/h4-12,25-28H,3,13-22H2,1-2H3,(H3,34,36,41)/t25-,26+,27+,28?. The summed E-state index contributed by atoms with van der Waals surface area (Å²) in [6.07, 6.45) is 8.42. The van der Waals surface area contributed by atoms with Crippen LogP contribution in [0.5, 0.6) is 0 Å². The zero-order valence-corrected chi connectivity index (χ0v) is 24.5. The second-order valence-electron chi connectivity index (χ2n) is 12.5. The Kier molecular flexibility index (Phi) is 7.77. The Hall–Kier alpha value is -3.39. The van der Waals surface area contributed by atoms with Crippen molar-refractivity contribution in [3.63, 3.8) is 0 Å². The predicted molar refractivity (Wildman–Crippen MR) is 162 cm³/mol. The normalized spacial score (nSPS) is 24.8. The van der Waals surface area contributed by atoms with Gasteiger partial charge in [0.25, 0.3) is 0 Å². The van der Waals surface area contributed by atoms with Crippen molar-refractivity contribution >= 4 is 23.0 Å². The highest BCUT2D eigenvalue weighted by atomic mass is 16.2. The summed E-state index contributed by atoms with van der Waals surface area (Å²) in [6.45, 7) is 6.56. The van der Waals surface area contributed by atoms with Crippen LogP contribution in [-0.2, 0) is 10.2 Å². The first kappa shape index (κ1) is 27.8. The van der Waals surface area contributed by atoms with Gasteiger partial charge in [-0.1, -0.05) is 49.4 Å². The lowest BCUT2D eigenvalue weighted by Crippen LogP contribution is -2.54. The smallest absolute Gasteiger partial charge is 0.312 e. The van der Waals surface area contributed by atoms with E-state index in [1.54, 1.807) is 0 Å². The molecule has 0 aliphatic carbocycles. The molecule has 8 nitrogen and oxygen atoms in total. The molecule has 1 aromatic heterocycles. The SMILES string of the molecule is CCC(NC(N)=O)C(=O)N1CCC(CCN2[C@@H]3CC[C@H]2C[C@@H](n2c(C)nc4ccccc42)C3)(c2ccccc2)CC1. The minimum absolute atomic E-state index is 0.0182. The van der Waals surface area contributed by atoms with E-state index in [9.17, 15) is 9.59 Å². The number of carbonyl (C=O) groups excluding carboxylic acids is 2. The molecule has 3 N–H and O–H groups in total. The van der Waals surface area contributed by atoms with Crippen LogP contribution in [0.2, 0.25) is 0 Å². The number of benzene rings is 2. The summed E-state index contributed by atoms with van der Waals surface area (Å²) in [5.74, 6) is 1.11. The van der Waals surface area contributed by atoms with Gasteiger partial charge in [0, 0.05) is 31.2 Å². The topological polar surface area (TPSA) is 96.5 Å². The molecule has 3 aromatic rings. The summed E-state index contributed by atoms with van der Waals surface area (Å²) in [6, 6.07) is 20.0. The fraction of sp³-hybridized carbons (Fsp3) is 0.545. The number of hydrogen-bond acceptors (Lipinski definition) is 4. The molecule has 2 aromatic carbocycles. The van der Waals surface area contributed by atoms with Crippen molar-refractivity contribution in [1.82, 2.24) is 24.7 Å². The number of urea groups is 1. The quantitative estimate of drug-likeness (QED) is 0.412. The highest BCUT2D eigenvalue weighted by molar-refractivity contribution is 5.86. The van der Waals surface area contributed by atoms with Crippen molar-refractivity contribution in [2.45, 2.75) is 94.8 Å². The molecule has 0 saturated carbocycles. The van der Waals surface area contributed by atoms with E-state index in [2.05, 4.69) is 76.3 Å². The summed E-state index contributed by atoms with van der Waals surface area (Å²) in [5, 5.41) is 2.63. The average molecular weight is 557 g/mol. The van der Waals surface area contributed by atoms with Gasteiger partial charge >= 0.3 is 6.03 Å². The number of aryl methyl sites for hydroxylation is 1. The van der Waals surface area contributed by atoms with Gasteiger partial charge < -0.3 is 20.5 Å². The van der Waals surface area contributed by atoms with E-state index in [0.29, 0.717) is 37.6 Å². The Bertz CT molecular complexity index is 1360. The first-order valence-corrected chi connectivity index (χ1v) is 15.5. The molecule has 4 atom stereocenters. The fourth-order valence-electron chi connectivity index (χ4n) is 8.15. The van der Waals surface area contributed by atoms with E-state index in [-0.39, 0.29) is 11.3 Å². The maximum Gasteiger partial charge on any atom is 0.312 e. The van der Waals surface area contributed by atoms with Crippen LogP contribution in [0.4, 0.5) is 4.79 Å². The molecule has 2 bridgehead atoms. The van der Waals surface area contributed by atoms with Gasteiger partial charge in [-0.3, -0.25) is 9.69 Å². The molecule has 8 heteroatoms. The van der Waals surface area contributed by atoms with Gasteiger partial charge in [0.15, 0.2) is 0 Å². The molecule has 3 amide bonds. The number of nitrogens with zero attached hydrogens (tertiary/aromatic N) is 4. The summed E-state index contributed by atoms with van der Waals surface area (Å²) < 4.78 is 2.51. The second-order valence-corrected chi connectivity index (χ2v) is 12.5. The molecule has 0 spiro atoms. The number of piperidine rings is 2. The van der Waals surface area contributed by atoms with Gasteiger partial charge in [0.2, 0.25) is 5.91 Å². The largest absolute Gasteiger partial charge is 0.352 e. The van der Waals surface area contributed by atoms with Gasteiger partial charge in [-0.05, 0) is 87.9 Å². The third-order valence-electron chi connectivity index (χ3n) is 10.3. The van der Waals surface area contributed by atoms with Crippen LogP contribution >= 0.6 is 0 Å². The van der Waals surface area contributed by atoms with Gasteiger partial charge in [0.1, 0.15) is 11.9 Å². The van der Waals surface area contributed by atoms with Crippen molar-refractivity contribution < 1.29 is 9.59 Å². The molecule has 3 fully saturated rings. The first-order valence-electron chi connectivity index (χ1n) is 15.5. The maximum atomic E-state index is 13.2.